The Balaban J connectivity index is 4.27. The molecule has 10 nitrogen and oxygen atoms in total. The lowest BCUT2D eigenvalue weighted by Crippen LogP contribution is -2.29. The normalized spacial score (nSPS) is 14.1. The van der Waals surface area contributed by atoms with Crippen LogP contribution in [-0.2, 0) is 32.7 Å². The quantitative estimate of drug-likeness (QED) is 0.0240. The van der Waals surface area contributed by atoms with Gasteiger partial charge in [0.15, 0.2) is 6.10 Å². The van der Waals surface area contributed by atoms with E-state index in [4.69, 9.17) is 19.1 Å². The summed E-state index contributed by atoms with van der Waals surface area (Å²) < 4.78 is 32.6. The van der Waals surface area contributed by atoms with Gasteiger partial charge in [-0.3, -0.25) is 18.6 Å². The highest BCUT2D eigenvalue weighted by molar-refractivity contribution is 7.47. The van der Waals surface area contributed by atoms with Crippen LogP contribution in [0, 0.1) is 0 Å². The van der Waals surface area contributed by atoms with Gasteiger partial charge in [0.05, 0.1) is 19.8 Å². The van der Waals surface area contributed by atoms with Crippen molar-refractivity contribution in [1.82, 2.24) is 0 Å². The summed E-state index contributed by atoms with van der Waals surface area (Å²) in [5, 5.41) is 18.3. The van der Waals surface area contributed by atoms with Gasteiger partial charge in [-0.05, 0) is 32.1 Å². The summed E-state index contributed by atoms with van der Waals surface area (Å²) in [6.07, 6.45) is 33.2. The van der Waals surface area contributed by atoms with Crippen LogP contribution in [0.15, 0.2) is 12.2 Å². The number of carbonyl (C=O) groups excluding carboxylic acids is 2. The molecule has 0 aliphatic carbocycles. The number of aliphatic hydroxyl groups excluding tert-OH is 2. The minimum absolute atomic E-state index is 0.188. The second kappa shape index (κ2) is 37.0. The number of phosphoric acid groups is 1. The van der Waals surface area contributed by atoms with E-state index < -0.39 is 51.8 Å². The van der Waals surface area contributed by atoms with Crippen LogP contribution in [0.25, 0.3) is 0 Å². The molecule has 302 valence electrons. The van der Waals surface area contributed by atoms with E-state index >= 15 is 0 Å². The molecule has 0 saturated heterocycles. The first kappa shape index (κ1) is 49.7. The lowest BCUT2D eigenvalue weighted by molar-refractivity contribution is -0.161. The van der Waals surface area contributed by atoms with Gasteiger partial charge in [-0.2, -0.15) is 0 Å². The van der Waals surface area contributed by atoms with E-state index in [0.29, 0.717) is 12.8 Å². The standard InChI is InChI=1S/C40H77O10P/c1-3-5-7-9-11-13-15-16-17-18-19-20-22-24-26-28-30-32-40(44)50-38(36-49-51(45,46)48-34-37(42)33-41)35-47-39(43)31-29-27-25-23-21-14-12-10-8-6-4-2/h10,12,37-38,41-42H,3-9,11,13-36H2,1-2H3,(H,45,46)/b12-10+/t37-,38+/m0/s1. The van der Waals surface area contributed by atoms with Gasteiger partial charge < -0.3 is 24.6 Å². The van der Waals surface area contributed by atoms with Crippen LogP contribution in [0.4, 0.5) is 0 Å². The van der Waals surface area contributed by atoms with Crippen molar-refractivity contribution < 1.29 is 47.8 Å². The Bertz CT molecular complexity index is 868. The summed E-state index contributed by atoms with van der Waals surface area (Å²) in [5.41, 5.74) is 0. The number of unbranched alkanes of at least 4 members (excludes halogenated alkanes) is 23. The van der Waals surface area contributed by atoms with Crippen LogP contribution in [0.5, 0.6) is 0 Å². The van der Waals surface area contributed by atoms with E-state index in [0.717, 1.165) is 57.8 Å². The third kappa shape index (κ3) is 36.8. The maximum Gasteiger partial charge on any atom is 0.472 e. The molecule has 0 aromatic rings. The van der Waals surface area contributed by atoms with E-state index in [2.05, 4.69) is 30.5 Å². The minimum Gasteiger partial charge on any atom is -0.462 e. The third-order valence-electron chi connectivity index (χ3n) is 8.92. The van der Waals surface area contributed by atoms with Crippen molar-refractivity contribution in [3.63, 3.8) is 0 Å². The summed E-state index contributed by atoms with van der Waals surface area (Å²) in [5.74, 6) is -0.928. The molecule has 3 atom stereocenters. The highest BCUT2D eigenvalue weighted by Crippen LogP contribution is 2.43. The maximum atomic E-state index is 12.6. The number of esters is 2. The van der Waals surface area contributed by atoms with Crippen LogP contribution in [0.3, 0.4) is 0 Å². The maximum absolute atomic E-state index is 12.6. The summed E-state index contributed by atoms with van der Waals surface area (Å²) in [6, 6.07) is 0. The van der Waals surface area contributed by atoms with Crippen LogP contribution < -0.4 is 0 Å². The van der Waals surface area contributed by atoms with Gasteiger partial charge in [0.25, 0.3) is 0 Å². The molecule has 11 heteroatoms. The molecule has 0 rings (SSSR count). The molecule has 0 aromatic heterocycles. The van der Waals surface area contributed by atoms with Gasteiger partial charge >= 0.3 is 19.8 Å². The van der Waals surface area contributed by atoms with Crippen molar-refractivity contribution >= 4 is 19.8 Å². The number of hydrogen-bond acceptors (Lipinski definition) is 9. The second-order valence-corrected chi connectivity index (χ2v) is 15.5. The molecule has 0 aromatic carbocycles. The average Bonchev–Trinajstić information content (AvgIpc) is 3.12. The SMILES string of the molecule is CCCC/C=C/CCCCCCCC(=O)OC[C@H](COP(=O)(O)OC[C@@H](O)CO)OC(=O)CCCCCCCCCCCCCCCCCCC. The number of carbonyl (C=O) groups is 2. The molecule has 0 saturated carbocycles. The molecule has 0 bridgehead atoms. The number of hydrogen-bond donors (Lipinski definition) is 3. The zero-order valence-electron chi connectivity index (χ0n) is 32.6. The Labute approximate surface area is 311 Å². The predicted octanol–water partition coefficient (Wildman–Crippen LogP) is 10.4. The minimum atomic E-state index is -4.61. The van der Waals surface area contributed by atoms with Crippen LogP contribution in [0.2, 0.25) is 0 Å². The molecular weight excluding hydrogens is 671 g/mol. The van der Waals surface area contributed by atoms with E-state index in [1.165, 1.54) is 96.3 Å². The predicted molar refractivity (Wildman–Crippen MR) is 205 cm³/mol. The van der Waals surface area contributed by atoms with E-state index in [1.54, 1.807) is 0 Å². The fourth-order valence-electron chi connectivity index (χ4n) is 5.68. The Morgan fingerprint density at radius 1 is 0.569 bits per heavy atom. The monoisotopic (exact) mass is 749 g/mol. The van der Waals surface area contributed by atoms with Crippen molar-refractivity contribution in [2.45, 2.75) is 206 Å². The fourth-order valence-corrected chi connectivity index (χ4v) is 6.47. The molecular formula is C40H77O10P. The van der Waals surface area contributed by atoms with Gasteiger partial charge in [-0.25, -0.2) is 4.57 Å². The Morgan fingerprint density at radius 2 is 0.980 bits per heavy atom. The summed E-state index contributed by atoms with van der Waals surface area (Å²) in [6.45, 7) is 2.34. The Kier molecular flexibility index (Phi) is 36.1. The lowest BCUT2D eigenvalue weighted by atomic mass is 10.0. The molecule has 0 aliphatic heterocycles. The molecule has 0 radical (unpaired) electrons. The largest absolute Gasteiger partial charge is 0.472 e. The highest BCUT2D eigenvalue weighted by atomic mass is 31.2. The number of rotatable bonds is 39. The van der Waals surface area contributed by atoms with Crippen molar-refractivity contribution in [1.29, 1.82) is 0 Å². The number of aliphatic hydroxyl groups is 2. The zero-order valence-corrected chi connectivity index (χ0v) is 33.5. The fraction of sp³-hybridized carbons (Fsp3) is 0.900. The van der Waals surface area contributed by atoms with Crippen molar-refractivity contribution in [2.24, 2.45) is 0 Å². The highest BCUT2D eigenvalue weighted by Gasteiger charge is 2.27. The first-order chi connectivity index (χ1) is 24.7. The van der Waals surface area contributed by atoms with Crippen LogP contribution in [-0.4, -0.2) is 65.7 Å². The summed E-state index contributed by atoms with van der Waals surface area (Å²) in [7, 11) is -4.61. The van der Waals surface area contributed by atoms with Gasteiger partial charge in [-0.1, -0.05) is 161 Å². The molecule has 0 heterocycles. The smallest absolute Gasteiger partial charge is 0.462 e. The third-order valence-corrected chi connectivity index (χ3v) is 9.87. The average molecular weight is 749 g/mol. The number of phosphoric ester groups is 1. The Morgan fingerprint density at radius 3 is 1.47 bits per heavy atom. The van der Waals surface area contributed by atoms with Crippen molar-refractivity contribution in [3.05, 3.63) is 12.2 Å². The first-order valence-corrected chi connectivity index (χ1v) is 22.1. The molecule has 51 heavy (non-hydrogen) atoms. The molecule has 0 fully saturated rings. The van der Waals surface area contributed by atoms with Crippen molar-refractivity contribution in [2.75, 3.05) is 26.4 Å². The van der Waals surface area contributed by atoms with Gasteiger partial charge in [-0.15, -0.1) is 0 Å². The molecule has 0 aliphatic rings. The number of ether oxygens (including phenoxy) is 2. The second-order valence-electron chi connectivity index (χ2n) is 14.0. The molecule has 3 N–H and O–H groups in total. The zero-order chi connectivity index (χ0) is 37.7. The van der Waals surface area contributed by atoms with Gasteiger partial charge in [0, 0.05) is 12.8 Å². The molecule has 0 amide bonds. The first-order valence-electron chi connectivity index (χ1n) is 20.6. The van der Waals surface area contributed by atoms with Crippen LogP contribution >= 0.6 is 7.82 Å². The summed E-state index contributed by atoms with van der Waals surface area (Å²) in [4.78, 5) is 34.9. The van der Waals surface area contributed by atoms with Gasteiger partial charge in [0.1, 0.15) is 12.7 Å². The topological polar surface area (TPSA) is 149 Å². The van der Waals surface area contributed by atoms with E-state index in [9.17, 15) is 24.2 Å². The Hall–Kier alpha value is -1.29. The van der Waals surface area contributed by atoms with E-state index in [-0.39, 0.29) is 19.4 Å². The molecule has 0 spiro atoms. The molecule has 1 unspecified atom stereocenters. The number of allylic oxidation sites excluding steroid dienone is 2. The summed E-state index contributed by atoms with van der Waals surface area (Å²) >= 11 is 0. The van der Waals surface area contributed by atoms with Gasteiger partial charge in [0.2, 0.25) is 0 Å². The van der Waals surface area contributed by atoms with Crippen molar-refractivity contribution in [3.8, 4) is 0 Å². The van der Waals surface area contributed by atoms with Crippen LogP contribution in [0.1, 0.15) is 194 Å². The lowest BCUT2D eigenvalue weighted by Gasteiger charge is -2.20. The van der Waals surface area contributed by atoms with E-state index in [1.807, 2.05) is 0 Å².